The fourth-order valence-electron chi connectivity index (χ4n) is 4.25. The Balaban J connectivity index is 2.07. The monoisotopic (exact) mass is 466 g/mol. The highest BCUT2D eigenvalue weighted by molar-refractivity contribution is 6.46. The molecule has 0 saturated carbocycles. The third-order valence-electron chi connectivity index (χ3n) is 6.13. The molecule has 7 heteroatoms. The molecular weight excluding hydrogens is 432 g/mol. The summed E-state index contributed by atoms with van der Waals surface area (Å²) in [6.07, 6.45) is 0.00361. The van der Waals surface area contributed by atoms with Crippen LogP contribution >= 0.6 is 0 Å². The average molecular weight is 467 g/mol. The van der Waals surface area contributed by atoms with Crippen molar-refractivity contribution >= 4 is 17.4 Å². The van der Waals surface area contributed by atoms with Crippen LogP contribution in [-0.4, -0.2) is 56.0 Å². The molecule has 2 aromatic carbocycles. The summed E-state index contributed by atoms with van der Waals surface area (Å²) in [5, 5.41) is 13.6. The van der Waals surface area contributed by atoms with Crippen LogP contribution in [0.15, 0.2) is 54.1 Å². The first-order chi connectivity index (χ1) is 16.3. The zero-order valence-electron chi connectivity index (χ0n) is 20.6. The first kappa shape index (κ1) is 25.3. The second-order valence-corrected chi connectivity index (χ2v) is 8.65. The van der Waals surface area contributed by atoms with Crippen molar-refractivity contribution in [2.45, 2.75) is 39.8 Å². The van der Waals surface area contributed by atoms with Crippen LogP contribution in [0.25, 0.3) is 5.76 Å². The summed E-state index contributed by atoms with van der Waals surface area (Å²) in [5.74, 6) is -0.587. The number of carbonyl (C=O) groups is 2. The number of likely N-dealkylation sites (N-methyl/N-ethyl adjacent to an activating group) is 1. The molecule has 34 heavy (non-hydrogen) atoms. The molecule has 182 valence electrons. The van der Waals surface area contributed by atoms with Gasteiger partial charge in [-0.3, -0.25) is 9.59 Å². The Bertz CT molecular complexity index is 1040. The summed E-state index contributed by atoms with van der Waals surface area (Å²) in [6, 6.07) is 13.1. The first-order valence-corrected chi connectivity index (χ1v) is 11.8. The number of nitrogens with one attached hydrogen (secondary N) is 1. The Morgan fingerprint density at radius 2 is 1.74 bits per heavy atom. The predicted molar refractivity (Wildman–Crippen MR) is 128 cm³/mol. The van der Waals surface area contributed by atoms with Crippen molar-refractivity contribution in [3.63, 3.8) is 0 Å². The molecule has 0 radical (unpaired) electrons. The number of quaternary nitrogens is 1. The molecule has 0 aliphatic carbocycles. The maximum absolute atomic E-state index is 13.6. The normalized spacial score (nSPS) is 17.6. The van der Waals surface area contributed by atoms with E-state index in [-0.39, 0.29) is 11.7 Å². The van der Waals surface area contributed by atoms with Gasteiger partial charge in [-0.2, -0.15) is 0 Å². The maximum atomic E-state index is 13.6. The van der Waals surface area contributed by atoms with Gasteiger partial charge in [0, 0.05) is 5.57 Å². The molecule has 0 aromatic heterocycles. The second-order valence-electron chi connectivity index (χ2n) is 8.65. The second kappa shape index (κ2) is 11.2. The van der Waals surface area contributed by atoms with Gasteiger partial charge in [0.1, 0.15) is 11.5 Å². The highest BCUT2D eigenvalue weighted by atomic mass is 16.5. The van der Waals surface area contributed by atoms with E-state index in [2.05, 4.69) is 13.8 Å². The van der Waals surface area contributed by atoms with Crippen molar-refractivity contribution in [1.82, 2.24) is 4.90 Å². The van der Waals surface area contributed by atoms with Crippen molar-refractivity contribution in [3.05, 3.63) is 65.2 Å². The average Bonchev–Trinajstić information content (AvgIpc) is 3.09. The lowest BCUT2D eigenvalue weighted by Crippen LogP contribution is -3.12. The van der Waals surface area contributed by atoms with E-state index in [1.54, 1.807) is 49.6 Å². The van der Waals surface area contributed by atoms with Gasteiger partial charge in [0.2, 0.25) is 5.78 Å². The highest BCUT2D eigenvalue weighted by Gasteiger charge is 2.44. The van der Waals surface area contributed by atoms with E-state index in [0.717, 1.165) is 13.1 Å². The van der Waals surface area contributed by atoms with E-state index >= 15 is 0 Å². The highest BCUT2D eigenvalue weighted by Crippen LogP contribution is 2.39. The van der Waals surface area contributed by atoms with Crippen molar-refractivity contribution < 1.29 is 29.1 Å². The van der Waals surface area contributed by atoms with E-state index in [0.29, 0.717) is 35.7 Å². The van der Waals surface area contributed by atoms with Crippen LogP contribution in [0.4, 0.5) is 0 Å². The van der Waals surface area contributed by atoms with E-state index < -0.39 is 23.5 Å². The van der Waals surface area contributed by atoms with Crippen LogP contribution in [0.1, 0.15) is 44.9 Å². The molecule has 0 spiro atoms. The van der Waals surface area contributed by atoms with Gasteiger partial charge < -0.3 is 24.4 Å². The molecule has 1 amide bonds. The molecule has 1 N–H and O–H groups in total. The van der Waals surface area contributed by atoms with Gasteiger partial charge in [-0.25, -0.2) is 0 Å². The summed E-state index contributed by atoms with van der Waals surface area (Å²) in [7, 11) is 1.56. The molecule has 1 aliphatic rings. The number of ketones is 1. The minimum Gasteiger partial charge on any atom is -0.872 e. The van der Waals surface area contributed by atoms with Crippen molar-refractivity contribution in [2.75, 3.05) is 33.3 Å². The molecule has 0 bridgehead atoms. The Labute approximate surface area is 201 Å². The van der Waals surface area contributed by atoms with E-state index in [9.17, 15) is 14.7 Å². The Kier molecular flexibility index (Phi) is 8.34. The van der Waals surface area contributed by atoms with Gasteiger partial charge >= 0.3 is 0 Å². The summed E-state index contributed by atoms with van der Waals surface area (Å²) in [4.78, 5) is 29.1. The van der Waals surface area contributed by atoms with Crippen LogP contribution in [-0.2, 0) is 9.59 Å². The standard InChI is InChI=1S/C27H34N2O5/c1-6-28(7-2)15-16-29-24(20-9-8-10-22(17-20)33-5)23(26(31)27(29)32)25(30)19-11-13-21(14-12-19)34-18(3)4/h8-14,17-18,24,30H,6-7,15-16H2,1-5H3/b25-23+. The Hall–Kier alpha value is -3.32. The van der Waals surface area contributed by atoms with E-state index in [1.807, 2.05) is 19.9 Å². The minimum atomic E-state index is -0.760. The third-order valence-corrected chi connectivity index (χ3v) is 6.13. The summed E-state index contributed by atoms with van der Waals surface area (Å²) in [5.41, 5.74) is 0.998. The van der Waals surface area contributed by atoms with Gasteiger partial charge in [-0.05, 0) is 63.1 Å². The lowest BCUT2D eigenvalue weighted by molar-refractivity contribution is -0.895. The molecule has 1 unspecified atom stereocenters. The van der Waals surface area contributed by atoms with Gasteiger partial charge in [0.25, 0.3) is 5.91 Å². The molecule has 1 saturated heterocycles. The number of amides is 1. The van der Waals surface area contributed by atoms with Gasteiger partial charge in [0.15, 0.2) is 0 Å². The number of nitrogens with zero attached hydrogens (tertiary/aromatic N) is 1. The zero-order chi connectivity index (χ0) is 24.8. The minimum absolute atomic E-state index is 0.00361. The lowest BCUT2D eigenvalue weighted by atomic mass is 9.95. The fraction of sp³-hybridized carbons (Fsp3) is 0.407. The summed E-state index contributed by atoms with van der Waals surface area (Å²) in [6.45, 7) is 10.9. The van der Waals surface area contributed by atoms with Crippen LogP contribution in [0.5, 0.6) is 11.5 Å². The number of benzene rings is 2. The number of rotatable bonds is 10. The molecule has 1 heterocycles. The number of methoxy groups -OCH3 is 1. The maximum Gasteiger partial charge on any atom is 0.295 e. The SMILES string of the molecule is CC[NH+](CC)CCN1C(=O)C(=O)/C(=C(/[O-])c2ccc(OC(C)C)cc2)C1c1cccc(OC)c1. The number of Topliss-reactive ketones (excluding diaryl/α,β-unsaturated/α-hetero) is 1. The first-order valence-electron chi connectivity index (χ1n) is 11.8. The van der Waals surface area contributed by atoms with Crippen LogP contribution in [0, 0.1) is 0 Å². The summed E-state index contributed by atoms with van der Waals surface area (Å²) >= 11 is 0. The van der Waals surface area contributed by atoms with Crippen LogP contribution in [0.3, 0.4) is 0 Å². The van der Waals surface area contributed by atoms with Crippen molar-refractivity contribution in [3.8, 4) is 11.5 Å². The lowest BCUT2D eigenvalue weighted by Gasteiger charge is -2.28. The Morgan fingerprint density at radius 1 is 1.06 bits per heavy atom. The van der Waals surface area contributed by atoms with E-state index in [4.69, 9.17) is 9.47 Å². The third kappa shape index (κ3) is 5.42. The quantitative estimate of drug-likeness (QED) is 0.327. The van der Waals surface area contributed by atoms with Gasteiger partial charge in [0.05, 0.1) is 45.4 Å². The van der Waals surface area contributed by atoms with Crippen molar-refractivity contribution in [2.24, 2.45) is 0 Å². The number of hydrogen-bond donors (Lipinski definition) is 1. The summed E-state index contributed by atoms with van der Waals surface area (Å²) < 4.78 is 11.0. The fourth-order valence-corrected chi connectivity index (χ4v) is 4.25. The van der Waals surface area contributed by atoms with E-state index in [1.165, 1.54) is 9.80 Å². The number of likely N-dealkylation sites (tertiary alicyclic amines) is 1. The van der Waals surface area contributed by atoms with Gasteiger partial charge in [-0.15, -0.1) is 0 Å². The smallest absolute Gasteiger partial charge is 0.295 e. The molecular formula is C27H34N2O5. The largest absolute Gasteiger partial charge is 0.872 e. The number of hydrogen-bond acceptors (Lipinski definition) is 5. The molecule has 1 fully saturated rings. The molecule has 3 rings (SSSR count). The number of carbonyl (C=O) groups excluding carboxylic acids is 2. The predicted octanol–water partition coefficient (Wildman–Crippen LogP) is 1.63. The molecule has 1 aliphatic heterocycles. The van der Waals surface area contributed by atoms with Crippen LogP contribution in [0.2, 0.25) is 0 Å². The van der Waals surface area contributed by atoms with Gasteiger partial charge in [-0.1, -0.05) is 30.0 Å². The van der Waals surface area contributed by atoms with Crippen molar-refractivity contribution in [1.29, 1.82) is 0 Å². The number of ether oxygens (including phenoxy) is 2. The topological polar surface area (TPSA) is 83.3 Å². The molecule has 7 nitrogen and oxygen atoms in total. The zero-order valence-corrected chi connectivity index (χ0v) is 20.6. The molecule has 1 atom stereocenters. The Morgan fingerprint density at radius 3 is 2.32 bits per heavy atom. The van der Waals surface area contributed by atoms with Crippen LogP contribution < -0.4 is 19.5 Å². The molecule has 2 aromatic rings.